The third kappa shape index (κ3) is 6.36. The summed E-state index contributed by atoms with van der Waals surface area (Å²) in [6.07, 6.45) is -0.550. The molecule has 128 valence electrons. The van der Waals surface area contributed by atoms with E-state index in [1.165, 1.54) is 0 Å². The maximum Gasteiger partial charge on any atom is 0.408 e. The number of amides is 1. The molecule has 1 heterocycles. The van der Waals surface area contributed by atoms with Crippen LogP contribution in [0.3, 0.4) is 0 Å². The van der Waals surface area contributed by atoms with E-state index in [0.717, 1.165) is 5.56 Å². The average Bonchev–Trinajstić information content (AvgIpc) is 2.65. The van der Waals surface area contributed by atoms with Gasteiger partial charge in [0.1, 0.15) is 18.0 Å². The lowest BCUT2D eigenvalue weighted by Gasteiger charge is -2.04. The number of ether oxygens (including phenoxy) is 2. The summed E-state index contributed by atoms with van der Waals surface area (Å²) in [5, 5.41) is 2.53. The molecular formula is C19H18N2O4. The van der Waals surface area contributed by atoms with Gasteiger partial charge in [0.05, 0.1) is 13.2 Å². The Balaban J connectivity index is 1.79. The number of rotatable bonds is 5. The minimum atomic E-state index is -0.550. The van der Waals surface area contributed by atoms with E-state index in [9.17, 15) is 9.59 Å². The zero-order valence-corrected chi connectivity index (χ0v) is 13.8. The molecule has 0 spiro atoms. The number of hydrogen-bond donors (Lipinski definition) is 1. The van der Waals surface area contributed by atoms with Gasteiger partial charge in [-0.1, -0.05) is 42.3 Å². The third-order valence-corrected chi connectivity index (χ3v) is 2.98. The maximum atomic E-state index is 11.6. The molecule has 2 aromatic rings. The quantitative estimate of drug-likeness (QED) is 0.670. The largest absolute Gasteiger partial charge is 0.461 e. The van der Waals surface area contributed by atoms with E-state index in [1.54, 1.807) is 25.1 Å². The Hall–Kier alpha value is -3.33. The summed E-state index contributed by atoms with van der Waals surface area (Å²) in [7, 11) is 0. The summed E-state index contributed by atoms with van der Waals surface area (Å²) < 4.78 is 9.94. The van der Waals surface area contributed by atoms with Crippen molar-refractivity contribution in [3.05, 3.63) is 65.5 Å². The summed E-state index contributed by atoms with van der Waals surface area (Å²) in [5.41, 5.74) is 1.53. The molecule has 0 fully saturated rings. The first-order chi connectivity index (χ1) is 12.2. The molecule has 0 radical (unpaired) electrons. The van der Waals surface area contributed by atoms with E-state index < -0.39 is 12.1 Å². The highest BCUT2D eigenvalue weighted by atomic mass is 16.5. The lowest BCUT2D eigenvalue weighted by atomic mass is 10.2. The molecule has 0 atom stereocenters. The van der Waals surface area contributed by atoms with Gasteiger partial charge in [0.2, 0.25) is 0 Å². The first-order valence-electron chi connectivity index (χ1n) is 7.76. The molecule has 6 heteroatoms. The molecule has 0 unspecified atom stereocenters. The molecular weight excluding hydrogens is 320 g/mol. The number of carbonyl (C=O) groups excluding carboxylic acids is 2. The fourth-order valence-electron chi connectivity index (χ4n) is 1.85. The van der Waals surface area contributed by atoms with Crippen LogP contribution in [0.25, 0.3) is 0 Å². The zero-order valence-electron chi connectivity index (χ0n) is 13.8. The van der Waals surface area contributed by atoms with Gasteiger partial charge in [-0.15, -0.1) is 0 Å². The predicted octanol–water partition coefficient (Wildman–Crippen LogP) is 2.54. The topological polar surface area (TPSA) is 77.5 Å². The van der Waals surface area contributed by atoms with Crippen molar-refractivity contribution < 1.29 is 19.1 Å². The Bertz CT molecular complexity index is 779. The fraction of sp³-hybridized carbons (Fsp3) is 0.211. The Kier molecular flexibility index (Phi) is 7.01. The summed E-state index contributed by atoms with van der Waals surface area (Å²) in [5.74, 6) is 5.03. The van der Waals surface area contributed by atoms with Crippen LogP contribution in [0, 0.1) is 11.8 Å². The van der Waals surface area contributed by atoms with Crippen molar-refractivity contribution in [2.24, 2.45) is 0 Å². The smallest absolute Gasteiger partial charge is 0.408 e. The summed E-state index contributed by atoms with van der Waals surface area (Å²) in [6.45, 7) is 2.32. The van der Waals surface area contributed by atoms with Gasteiger partial charge in [0.25, 0.3) is 0 Å². The van der Waals surface area contributed by atoms with Gasteiger partial charge in [-0.05, 0) is 30.5 Å². The molecule has 0 aliphatic rings. The minimum Gasteiger partial charge on any atom is -0.461 e. The lowest BCUT2D eigenvalue weighted by Crippen LogP contribution is -2.24. The van der Waals surface area contributed by atoms with E-state index in [1.807, 2.05) is 30.3 Å². The van der Waals surface area contributed by atoms with Crippen LogP contribution < -0.4 is 5.32 Å². The van der Waals surface area contributed by atoms with Gasteiger partial charge >= 0.3 is 12.1 Å². The van der Waals surface area contributed by atoms with Crippen molar-refractivity contribution >= 4 is 12.1 Å². The molecule has 1 aromatic heterocycles. The van der Waals surface area contributed by atoms with Crippen molar-refractivity contribution in [1.29, 1.82) is 0 Å². The van der Waals surface area contributed by atoms with Gasteiger partial charge in [0.15, 0.2) is 0 Å². The SMILES string of the molecule is CCOC(=O)c1cccc(C#CCNC(=O)OCc2ccccc2)n1. The number of hydrogen-bond acceptors (Lipinski definition) is 5. The number of esters is 1. The molecule has 1 aromatic carbocycles. The number of nitrogens with zero attached hydrogens (tertiary/aromatic N) is 1. The number of nitrogens with one attached hydrogen (secondary N) is 1. The molecule has 1 N–H and O–H groups in total. The number of alkyl carbamates (subject to hydrolysis) is 1. The molecule has 0 aliphatic carbocycles. The van der Waals surface area contributed by atoms with Gasteiger partial charge in [-0.25, -0.2) is 14.6 Å². The van der Waals surface area contributed by atoms with Crippen LogP contribution in [0.5, 0.6) is 0 Å². The van der Waals surface area contributed by atoms with E-state index in [-0.39, 0.29) is 25.5 Å². The highest BCUT2D eigenvalue weighted by Gasteiger charge is 2.07. The van der Waals surface area contributed by atoms with Crippen LogP contribution >= 0.6 is 0 Å². The minimum absolute atomic E-state index is 0.110. The number of aromatic nitrogens is 1. The van der Waals surface area contributed by atoms with Crippen LogP contribution in [-0.2, 0) is 16.1 Å². The van der Waals surface area contributed by atoms with Crippen LogP contribution in [-0.4, -0.2) is 30.2 Å². The van der Waals surface area contributed by atoms with Crippen molar-refractivity contribution in [3.63, 3.8) is 0 Å². The zero-order chi connectivity index (χ0) is 17.9. The van der Waals surface area contributed by atoms with Crippen LogP contribution in [0.15, 0.2) is 48.5 Å². The highest BCUT2D eigenvalue weighted by Crippen LogP contribution is 2.01. The maximum absolute atomic E-state index is 11.6. The molecule has 0 saturated carbocycles. The van der Waals surface area contributed by atoms with Crippen LogP contribution in [0.2, 0.25) is 0 Å². The average molecular weight is 338 g/mol. The number of carbonyl (C=O) groups is 2. The molecule has 6 nitrogen and oxygen atoms in total. The van der Waals surface area contributed by atoms with Gasteiger partial charge < -0.3 is 14.8 Å². The van der Waals surface area contributed by atoms with Crippen molar-refractivity contribution in [3.8, 4) is 11.8 Å². The number of benzene rings is 1. The second-order valence-corrected chi connectivity index (χ2v) is 4.85. The normalized spacial score (nSPS) is 9.48. The second-order valence-electron chi connectivity index (χ2n) is 4.85. The standard InChI is InChI=1S/C19H18N2O4/c1-2-24-18(22)17-12-6-10-16(21-17)11-7-13-20-19(23)25-14-15-8-4-3-5-9-15/h3-6,8-10,12H,2,13-14H2,1H3,(H,20,23). The third-order valence-electron chi connectivity index (χ3n) is 2.98. The van der Waals surface area contributed by atoms with E-state index >= 15 is 0 Å². The van der Waals surface area contributed by atoms with Crippen molar-refractivity contribution in [2.75, 3.05) is 13.2 Å². The Morgan fingerprint density at radius 1 is 1.08 bits per heavy atom. The summed E-state index contributed by atoms with van der Waals surface area (Å²) >= 11 is 0. The van der Waals surface area contributed by atoms with E-state index in [4.69, 9.17) is 9.47 Å². The van der Waals surface area contributed by atoms with E-state index in [2.05, 4.69) is 22.1 Å². The Morgan fingerprint density at radius 2 is 1.88 bits per heavy atom. The molecule has 0 bridgehead atoms. The van der Waals surface area contributed by atoms with Crippen LogP contribution in [0.4, 0.5) is 4.79 Å². The number of pyridine rings is 1. The molecule has 0 saturated heterocycles. The molecule has 2 rings (SSSR count). The Labute approximate surface area is 146 Å². The second kappa shape index (κ2) is 9.73. The Morgan fingerprint density at radius 3 is 2.64 bits per heavy atom. The van der Waals surface area contributed by atoms with Crippen molar-refractivity contribution in [1.82, 2.24) is 10.3 Å². The monoisotopic (exact) mass is 338 g/mol. The lowest BCUT2D eigenvalue weighted by molar-refractivity contribution is 0.0519. The van der Waals surface area contributed by atoms with Gasteiger partial charge in [0, 0.05) is 0 Å². The fourth-order valence-corrected chi connectivity index (χ4v) is 1.85. The molecule has 25 heavy (non-hydrogen) atoms. The first-order valence-corrected chi connectivity index (χ1v) is 7.76. The molecule has 0 aliphatic heterocycles. The summed E-state index contributed by atoms with van der Waals surface area (Å²) in [6, 6.07) is 14.3. The van der Waals surface area contributed by atoms with Crippen LogP contribution in [0.1, 0.15) is 28.7 Å². The van der Waals surface area contributed by atoms with Gasteiger partial charge in [-0.2, -0.15) is 0 Å². The highest BCUT2D eigenvalue weighted by molar-refractivity contribution is 5.87. The van der Waals surface area contributed by atoms with E-state index in [0.29, 0.717) is 5.69 Å². The predicted molar refractivity (Wildman–Crippen MR) is 91.7 cm³/mol. The van der Waals surface area contributed by atoms with Crippen molar-refractivity contribution in [2.45, 2.75) is 13.5 Å². The van der Waals surface area contributed by atoms with Gasteiger partial charge in [-0.3, -0.25) is 0 Å². The summed E-state index contributed by atoms with van der Waals surface area (Å²) in [4.78, 5) is 27.3. The first kappa shape index (κ1) is 18.0. The molecule has 1 amide bonds.